The fourth-order valence-electron chi connectivity index (χ4n) is 2.73. The third kappa shape index (κ3) is 5.65. The van der Waals surface area contributed by atoms with Crippen molar-refractivity contribution in [1.82, 2.24) is 4.98 Å². The Labute approximate surface area is 184 Å². The number of sulfone groups is 1. The molecule has 31 heavy (non-hydrogen) atoms. The number of aromatic nitrogens is 1. The Kier molecular flexibility index (Phi) is 6.67. The number of thiazole rings is 1. The lowest BCUT2D eigenvalue weighted by atomic mass is 10.1. The van der Waals surface area contributed by atoms with Gasteiger partial charge in [0.2, 0.25) is 5.91 Å². The Hall–Kier alpha value is -3.30. The average Bonchev–Trinajstić information content (AvgIpc) is 3.13. The largest absolute Gasteiger partial charge is 0.465 e. The second-order valence-corrected chi connectivity index (χ2v) is 9.67. The van der Waals surface area contributed by atoms with E-state index in [-0.39, 0.29) is 10.8 Å². The van der Waals surface area contributed by atoms with Gasteiger partial charge in [-0.25, -0.2) is 18.2 Å². The van der Waals surface area contributed by atoms with E-state index >= 15 is 0 Å². The molecule has 0 aliphatic rings. The number of benzene rings is 2. The predicted octanol–water partition coefficient (Wildman–Crippen LogP) is 4.13. The maximum Gasteiger partial charge on any atom is 0.337 e. The summed E-state index contributed by atoms with van der Waals surface area (Å²) in [5.74, 6) is -0.642. The molecule has 0 atom stereocenters. The molecule has 9 heteroatoms. The second kappa shape index (κ2) is 9.23. The third-order valence-corrected chi connectivity index (χ3v) is 6.41. The lowest BCUT2D eigenvalue weighted by Gasteiger charge is -2.02. The van der Waals surface area contributed by atoms with Crippen molar-refractivity contribution in [1.29, 1.82) is 0 Å². The van der Waals surface area contributed by atoms with Crippen LogP contribution in [0.3, 0.4) is 0 Å². The number of anilines is 1. The van der Waals surface area contributed by atoms with Crippen molar-refractivity contribution in [3.8, 4) is 10.4 Å². The molecule has 0 fully saturated rings. The smallest absolute Gasteiger partial charge is 0.337 e. The molecule has 0 saturated heterocycles. The van der Waals surface area contributed by atoms with Crippen molar-refractivity contribution in [2.45, 2.75) is 11.8 Å². The van der Waals surface area contributed by atoms with Crippen LogP contribution < -0.4 is 5.32 Å². The van der Waals surface area contributed by atoms with Crippen LogP contribution >= 0.6 is 11.3 Å². The maximum absolute atomic E-state index is 11.7. The van der Waals surface area contributed by atoms with E-state index in [1.165, 1.54) is 25.4 Å². The third-order valence-electron chi connectivity index (χ3n) is 4.25. The highest BCUT2D eigenvalue weighted by Gasteiger charge is 2.14. The van der Waals surface area contributed by atoms with Crippen molar-refractivity contribution in [3.63, 3.8) is 0 Å². The van der Waals surface area contributed by atoms with Crippen LogP contribution in [0.5, 0.6) is 0 Å². The summed E-state index contributed by atoms with van der Waals surface area (Å²) in [4.78, 5) is 28.5. The number of hydrogen-bond donors (Lipinski definition) is 1. The number of ether oxygens (including phenoxy) is 1. The number of methoxy groups -OCH3 is 1. The first-order chi connectivity index (χ1) is 14.7. The van der Waals surface area contributed by atoms with E-state index in [0.29, 0.717) is 16.4 Å². The van der Waals surface area contributed by atoms with Gasteiger partial charge in [-0.2, -0.15) is 0 Å². The first kappa shape index (κ1) is 22.4. The molecule has 1 aromatic heterocycles. The van der Waals surface area contributed by atoms with Gasteiger partial charge in [-0.1, -0.05) is 41.7 Å². The van der Waals surface area contributed by atoms with Crippen LogP contribution in [-0.2, 0) is 19.4 Å². The Morgan fingerprint density at radius 3 is 2.23 bits per heavy atom. The van der Waals surface area contributed by atoms with Gasteiger partial charge in [0.1, 0.15) is 0 Å². The summed E-state index contributed by atoms with van der Waals surface area (Å²) >= 11 is 1.29. The fourth-order valence-corrected chi connectivity index (χ4v) is 4.37. The molecular formula is C22H20N2O5S2. The summed E-state index contributed by atoms with van der Waals surface area (Å²) in [5.41, 5.74) is 2.70. The van der Waals surface area contributed by atoms with Crippen molar-refractivity contribution in [2.75, 3.05) is 18.7 Å². The number of nitrogens with zero attached hydrogens (tertiary/aromatic N) is 1. The van der Waals surface area contributed by atoms with Gasteiger partial charge in [-0.05, 0) is 41.5 Å². The first-order valence-electron chi connectivity index (χ1n) is 9.13. The van der Waals surface area contributed by atoms with E-state index in [9.17, 15) is 18.0 Å². The van der Waals surface area contributed by atoms with Gasteiger partial charge < -0.3 is 10.1 Å². The molecule has 1 N–H and O–H groups in total. The van der Waals surface area contributed by atoms with Crippen molar-refractivity contribution < 1.29 is 22.7 Å². The summed E-state index contributed by atoms with van der Waals surface area (Å²) in [6, 6.07) is 13.4. The SMILES string of the molecule is COC(=O)c1ccc(C=Cc2nc(NC(C)=O)sc2-c2ccc(S(C)(=O)=O)cc2)cc1. The zero-order valence-corrected chi connectivity index (χ0v) is 18.7. The Balaban J connectivity index is 1.95. The molecule has 2 aromatic carbocycles. The lowest BCUT2D eigenvalue weighted by Crippen LogP contribution is -2.04. The molecule has 0 aliphatic carbocycles. The molecule has 0 unspecified atom stereocenters. The number of nitrogens with one attached hydrogen (secondary N) is 1. The topological polar surface area (TPSA) is 102 Å². The van der Waals surface area contributed by atoms with Gasteiger partial charge in [0.05, 0.1) is 28.1 Å². The number of rotatable bonds is 6. The number of hydrogen-bond acceptors (Lipinski definition) is 7. The Morgan fingerprint density at radius 2 is 1.68 bits per heavy atom. The average molecular weight is 457 g/mol. The number of carbonyl (C=O) groups excluding carboxylic acids is 2. The van der Waals surface area contributed by atoms with E-state index in [1.54, 1.807) is 54.6 Å². The molecule has 0 spiro atoms. The molecule has 0 radical (unpaired) electrons. The fraction of sp³-hybridized carbons (Fsp3) is 0.136. The summed E-state index contributed by atoms with van der Waals surface area (Å²) in [7, 11) is -1.97. The lowest BCUT2D eigenvalue weighted by molar-refractivity contribution is -0.114. The van der Waals surface area contributed by atoms with Crippen molar-refractivity contribution in [2.24, 2.45) is 0 Å². The van der Waals surface area contributed by atoms with Gasteiger partial charge in [0, 0.05) is 13.2 Å². The molecule has 1 amide bonds. The van der Waals surface area contributed by atoms with Gasteiger partial charge >= 0.3 is 5.97 Å². The molecule has 0 saturated carbocycles. The van der Waals surface area contributed by atoms with Crippen LogP contribution in [0.2, 0.25) is 0 Å². The molecule has 0 bridgehead atoms. The highest BCUT2D eigenvalue weighted by Crippen LogP contribution is 2.35. The zero-order valence-electron chi connectivity index (χ0n) is 17.1. The number of carbonyl (C=O) groups is 2. The normalized spacial score (nSPS) is 11.5. The summed E-state index contributed by atoms with van der Waals surface area (Å²) in [6.07, 6.45) is 4.79. The Bertz CT molecular complexity index is 1240. The van der Waals surface area contributed by atoms with Gasteiger partial charge in [0.25, 0.3) is 0 Å². The van der Waals surface area contributed by atoms with E-state index < -0.39 is 15.8 Å². The van der Waals surface area contributed by atoms with Crippen LogP contribution in [0.15, 0.2) is 53.4 Å². The molecule has 160 valence electrons. The number of esters is 1. The van der Waals surface area contributed by atoms with Crippen LogP contribution in [0, 0.1) is 0 Å². The monoisotopic (exact) mass is 456 g/mol. The standard InChI is InChI=1S/C22H20N2O5S2/c1-14(25)23-22-24-19(13-6-15-4-7-17(8-5-15)21(26)29-2)20(30-22)16-9-11-18(12-10-16)31(3,27)28/h4-13H,1-3H3,(H,23,24,25). The van der Waals surface area contributed by atoms with E-state index in [1.807, 2.05) is 6.08 Å². The molecule has 1 heterocycles. The summed E-state index contributed by atoms with van der Waals surface area (Å²) in [5, 5.41) is 3.12. The van der Waals surface area contributed by atoms with Gasteiger partial charge in [0.15, 0.2) is 15.0 Å². The van der Waals surface area contributed by atoms with Crippen LogP contribution in [0.25, 0.3) is 22.6 Å². The minimum absolute atomic E-state index is 0.227. The van der Waals surface area contributed by atoms with Crippen LogP contribution in [0.4, 0.5) is 5.13 Å². The Morgan fingerprint density at radius 1 is 1.03 bits per heavy atom. The van der Waals surface area contributed by atoms with Gasteiger partial charge in [-0.15, -0.1) is 0 Å². The summed E-state index contributed by atoms with van der Waals surface area (Å²) < 4.78 is 28.1. The van der Waals surface area contributed by atoms with Crippen LogP contribution in [0.1, 0.15) is 28.5 Å². The maximum atomic E-state index is 11.7. The van der Waals surface area contributed by atoms with E-state index in [4.69, 9.17) is 4.74 Å². The van der Waals surface area contributed by atoms with Gasteiger partial charge in [-0.3, -0.25) is 4.79 Å². The molecule has 7 nitrogen and oxygen atoms in total. The minimum atomic E-state index is -3.30. The second-order valence-electron chi connectivity index (χ2n) is 6.66. The highest BCUT2D eigenvalue weighted by atomic mass is 32.2. The van der Waals surface area contributed by atoms with Crippen molar-refractivity contribution in [3.05, 3.63) is 65.4 Å². The first-order valence-corrected chi connectivity index (χ1v) is 11.8. The quantitative estimate of drug-likeness (QED) is 0.560. The number of amides is 1. The molecular weight excluding hydrogens is 436 g/mol. The highest BCUT2D eigenvalue weighted by molar-refractivity contribution is 7.90. The van der Waals surface area contributed by atoms with Crippen molar-refractivity contribution >= 4 is 50.3 Å². The molecule has 3 rings (SSSR count). The van der Waals surface area contributed by atoms with E-state index in [0.717, 1.165) is 22.3 Å². The van der Waals surface area contributed by atoms with E-state index in [2.05, 4.69) is 10.3 Å². The van der Waals surface area contributed by atoms with Crippen LogP contribution in [-0.4, -0.2) is 38.6 Å². The minimum Gasteiger partial charge on any atom is -0.465 e. The molecule has 3 aromatic rings. The predicted molar refractivity (Wildman–Crippen MR) is 122 cm³/mol. The summed E-state index contributed by atoms with van der Waals surface area (Å²) in [6.45, 7) is 1.40. The zero-order chi connectivity index (χ0) is 22.6. The molecule has 0 aliphatic heterocycles.